The largest absolute Gasteiger partial charge is 0.477 e. The summed E-state index contributed by atoms with van der Waals surface area (Å²) in [7, 11) is 0. The molecule has 8 nitrogen and oxygen atoms in total. The summed E-state index contributed by atoms with van der Waals surface area (Å²) in [6.07, 6.45) is 0. The van der Waals surface area contributed by atoms with Gasteiger partial charge >= 0.3 is 5.97 Å². The monoisotopic (exact) mass is 441 g/mol. The van der Waals surface area contributed by atoms with E-state index < -0.39 is 5.97 Å². The van der Waals surface area contributed by atoms with Crippen molar-refractivity contribution in [1.82, 2.24) is 20.0 Å². The molecule has 0 bridgehead atoms. The topological polar surface area (TPSA) is 102 Å². The molecule has 2 aromatic heterocycles. The summed E-state index contributed by atoms with van der Waals surface area (Å²) in [5.41, 5.74) is 1.92. The van der Waals surface area contributed by atoms with E-state index in [2.05, 4.69) is 46.1 Å². The minimum Gasteiger partial charge on any atom is -0.477 e. The van der Waals surface area contributed by atoms with Crippen molar-refractivity contribution in [3.8, 4) is 0 Å². The first kappa shape index (κ1) is 21.5. The molecule has 3 aromatic rings. The molecule has 0 saturated carbocycles. The maximum atomic E-state index is 12.6. The number of thiophene rings is 1. The number of fused-ring (bicyclic) bond motifs is 1. The lowest BCUT2D eigenvalue weighted by Gasteiger charge is -2.42. The van der Waals surface area contributed by atoms with Crippen LogP contribution in [-0.2, 0) is 6.54 Å². The van der Waals surface area contributed by atoms with Crippen LogP contribution >= 0.6 is 11.3 Å². The zero-order chi connectivity index (χ0) is 22.2. The van der Waals surface area contributed by atoms with Gasteiger partial charge in [0.25, 0.3) is 5.91 Å². The molecule has 0 atom stereocenters. The second-order valence-corrected chi connectivity index (χ2v) is 9.85. The molecule has 3 heterocycles. The van der Waals surface area contributed by atoms with E-state index in [0.29, 0.717) is 21.6 Å². The molecule has 164 valence electrons. The van der Waals surface area contributed by atoms with Gasteiger partial charge in [-0.05, 0) is 44.5 Å². The van der Waals surface area contributed by atoms with Crippen LogP contribution in [0.2, 0.25) is 0 Å². The quantitative estimate of drug-likeness (QED) is 0.560. The van der Waals surface area contributed by atoms with Gasteiger partial charge in [0.2, 0.25) is 0 Å². The molecule has 1 fully saturated rings. The molecule has 1 aliphatic rings. The Hall–Kier alpha value is -2.75. The Bertz CT molecular complexity index is 1090. The van der Waals surface area contributed by atoms with E-state index in [1.807, 2.05) is 24.3 Å². The Labute approximate surface area is 184 Å². The molecular formula is C22H27N5O3S. The third-order valence-corrected chi connectivity index (χ3v) is 6.66. The van der Waals surface area contributed by atoms with Crippen LogP contribution in [0.5, 0.6) is 0 Å². The molecular weight excluding hydrogens is 414 g/mol. The van der Waals surface area contributed by atoms with Crippen LogP contribution in [0, 0.1) is 0 Å². The highest BCUT2D eigenvalue weighted by Crippen LogP contribution is 2.29. The van der Waals surface area contributed by atoms with Crippen LogP contribution in [0.15, 0.2) is 30.3 Å². The number of carbonyl (C=O) groups excluding carboxylic acids is 1. The number of carboxylic acids is 1. The molecule has 31 heavy (non-hydrogen) atoms. The van der Waals surface area contributed by atoms with Crippen LogP contribution in [0.1, 0.15) is 46.4 Å². The number of nitrogens with one attached hydrogen (secondary N) is 2. The van der Waals surface area contributed by atoms with Crippen molar-refractivity contribution in [1.29, 1.82) is 0 Å². The summed E-state index contributed by atoms with van der Waals surface area (Å²) >= 11 is 1.07. The fraction of sp³-hybridized carbons (Fsp3) is 0.409. The van der Waals surface area contributed by atoms with Gasteiger partial charge in [-0.2, -0.15) is 5.10 Å². The first-order valence-corrected chi connectivity index (χ1v) is 11.1. The zero-order valence-electron chi connectivity index (χ0n) is 17.9. The van der Waals surface area contributed by atoms with Crippen molar-refractivity contribution < 1.29 is 14.7 Å². The van der Waals surface area contributed by atoms with Gasteiger partial charge in [0.1, 0.15) is 15.5 Å². The lowest BCUT2D eigenvalue weighted by Crippen LogP contribution is -2.53. The van der Waals surface area contributed by atoms with Crippen LogP contribution in [-0.4, -0.2) is 68.7 Å². The number of aromatic carboxylic acids is 1. The van der Waals surface area contributed by atoms with Crippen molar-refractivity contribution in [2.24, 2.45) is 0 Å². The highest BCUT2D eigenvalue weighted by molar-refractivity contribution is 7.20. The zero-order valence-corrected chi connectivity index (χ0v) is 18.8. The maximum Gasteiger partial charge on any atom is 0.345 e. The second kappa shape index (κ2) is 8.41. The number of benzene rings is 1. The molecule has 1 aromatic carbocycles. The van der Waals surface area contributed by atoms with Crippen molar-refractivity contribution in [3.63, 3.8) is 0 Å². The molecule has 0 spiro atoms. The van der Waals surface area contributed by atoms with E-state index in [-0.39, 0.29) is 16.3 Å². The summed E-state index contributed by atoms with van der Waals surface area (Å²) < 4.78 is 0. The van der Waals surface area contributed by atoms with E-state index in [0.717, 1.165) is 44.1 Å². The minimum atomic E-state index is -1.00. The van der Waals surface area contributed by atoms with Gasteiger partial charge in [-0.1, -0.05) is 12.1 Å². The highest BCUT2D eigenvalue weighted by Gasteiger charge is 2.25. The van der Waals surface area contributed by atoms with Gasteiger partial charge in [-0.15, -0.1) is 11.3 Å². The van der Waals surface area contributed by atoms with Gasteiger partial charge in [0, 0.05) is 43.8 Å². The number of carbonyl (C=O) groups is 2. The smallest absolute Gasteiger partial charge is 0.345 e. The maximum absolute atomic E-state index is 12.6. The van der Waals surface area contributed by atoms with Gasteiger partial charge in [0.15, 0.2) is 0 Å². The van der Waals surface area contributed by atoms with Crippen molar-refractivity contribution in [2.45, 2.75) is 32.9 Å². The number of amides is 1. The number of rotatable bonds is 5. The molecule has 4 rings (SSSR count). The molecule has 0 radical (unpaired) electrons. The fourth-order valence-electron chi connectivity index (χ4n) is 3.79. The van der Waals surface area contributed by atoms with Crippen LogP contribution in [0.4, 0.5) is 5.82 Å². The molecule has 0 aliphatic carbocycles. The van der Waals surface area contributed by atoms with Gasteiger partial charge < -0.3 is 10.4 Å². The average molecular weight is 442 g/mol. The predicted molar refractivity (Wildman–Crippen MR) is 122 cm³/mol. The number of piperazine rings is 1. The predicted octanol–water partition coefficient (Wildman–Crippen LogP) is 3.49. The van der Waals surface area contributed by atoms with Gasteiger partial charge in [-0.3, -0.25) is 19.7 Å². The number of anilines is 1. The molecule has 1 amide bonds. The van der Waals surface area contributed by atoms with Gasteiger partial charge in [-0.25, -0.2) is 4.79 Å². The Morgan fingerprint density at radius 1 is 1.16 bits per heavy atom. The average Bonchev–Trinajstić information content (AvgIpc) is 3.30. The van der Waals surface area contributed by atoms with Crippen molar-refractivity contribution >= 4 is 39.2 Å². The van der Waals surface area contributed by atoms with Crippen molar-refractivity contribution in [2.75, 3.05) is 31.5 Å². The number of nitrogens with zero attached hydrogens (tertiary/aromatic N) is 3. The Morgan fingerprint density at radius 2 is 1.84 bits per heavy atom. The molecule has 1 saturated heterocycles. The molecule has 3 N–H and O–H groups in total. The SMILES string of the molecule is CC(C)(C)N1CCN(Cc2ccc(C(=O)Nc3[nH]nc4sc(C(=O)O)cc34)cc2)CC1. The standard InChI is InChI=1S/C22H27N5O3S/c1-22(2,3)27-10-8-26(9-11-27)13-14-4-6-15(7-5-14)19(28)23-18-16-12-17(21(29)30)31-20(16)25-24-18/h4-7,12H,8-11,13H2,1-3H3,(H,29,30)(H2,23,24,25,28). The first-order valence-electron chi connectivity index (χ1n) is 10.3. The summed E-state index contributed by atoms with van der Waals surface area (Å²) in [4.78, 5) is 29.5. The molecule has 0 unspecified atom stereocenters. The Morgan fingerprint density at radius 3 is 2.45 bits per heavy atom. The number of hydrogen-bond donors (Lipinski definition) is 3. The van der Waals surface area contributed by atoms with E-state index in [1.165, 1.54) is 11.6 Å². The van der Waals surface area contributed by atoms with E-state index in [4.69, 9.17) is 5.11 Å². The molecule has 9 heteroatoms. The van der Waals surface area contributed by atoms with Crippen LogP contribution in [0.25, 0.3) is 10.2 Å². The van der Waals surface area contributed by atoms with E-state index in [1.54, 1.807) is 0 Å². The number of aromatic amines is 1. The van der Waals surface area contributed by atoms with Crippen molar-refractivity contribution in [3.05, 3.63) is 46.3 Å². The number of hydrogen-bond acceptors (Lipinski definition) is 6. The summed E-state index contributed by atoms with van der Waals surface area (Å²) in [5, 5.41) is 19.4. The van der Waals surface area contributed by atoms with Crippen LogP contribution < -0.4 is 5.32 Å². The third-order valence-electron chi connectivity index (χ3n) is 5.64. The van der Waals surface area contributed by atoms with E-state index in [9.17, 15) is 9.59 Å². The molecule has 1 aliphatic heterocycles. The first-order chi connectivity index (χ1) is 14.7. The Balaban J connectivity index is 1.36. The minimum absolute atomic E-state index is 0.190. The summed E-state index contributed by atoms with van der Waals surface area (Å²) in [6, 6.07) is 9.13. The second-order valence-electron chi connectivity index (χ2n) is 8.82. The van der Waals surface area contributed by atoms with Crippen LogP contribution in [0.3, 0.4) is 0 Å². The summed E-state index contributed by atoms with van der Waals surface area (Å²) in [6.45, 7) is 11.8. The summed E-state index contributed by atoms with van der Waals surface area (Å²) in [5.74, 6) is -0.862. The number of aromatic nitrogens is 2. The number of carboxylic acid groups (broad SMARTS) is 1. The normalized spacial score (nSPS) is 16.0. The third kappa shape index (κ3) is 4.79. The van der Waals surface area contributed by atoms with Gasteiger partial charge in [0.05, 0.1) is 5.39 Å². The Kier molecular flexibility index (Phi) is 5.83. The fourth-order valence-corrected chi connectivity index (χ4v) is 4.63. The lowest BCUT2D eigenvalue weighted by atomic mass is 10.0. The van der Waals surface area contributed by atoms with E-state index >= 15 is 0 Å². The number of H-pyrrole nitrogens is 1. The lowest BCUT2D eigenvalue weighted by molar-refractivity contribution is 0.0591. The highest BCUT2D eigenvalue weighted by atomic mass is 32.1.